The van der Waals surface area contributed by atoms with E-state index >= 15 is 0 Å². The van der Waals surface area contributed by atoms with E-state index in [0.717, 1.165) is 0 Å². The quantitative estimate of drug-likeness (QED) is 0.483. The molecule has 0 amide bonds. The standard InChI is InChI=1S/C8H15N3/c1-8(2,3)6-4-7(9)11-10-5-6/h4-5,10-11H,9H2,1-3H3. The van der Waals surface area contributed by atoms with Gasteiger partial charge in [-0.25, -0.2) is 0 Å². The fourth-order valence-electron chi connectivity index (χ4n) is 0.875. The summed E-state index contributed by atoms with van der Waals surface area (Å²) in [5.74, 6) is 0.664. The van der Waals surface area contributed by atoms with Gasteiger partial charge >= 0.3 is 0 Å². The van der Waals surface area contributed by atoms with Crippen LogP contribution in [0.2, 0.25) is 0 Å². The van der Waals surface area contributed by atoms with E-state index in [9.17, 15) is 0 Å². The summed E-state index contributed by atoms with van der Waals surface area (Å²) >= 11 is 0. The molecule has 0 fully saturated rings. The molecule has 0 aliphatic carbocycles. The largest absolute Gasteiger partial charge is 0.384 e. The Morgan fingerprint density at radius 1 is 1.36 bits per heavy atom. The third-order valence-electron chi connectivity index (χ3n) is 1.62. The SMILES string of the molecule is CC(C)(C)C1=CNNC(N)=C1. The molecular weight excluding hydrogens is 138 g/mol. The van der Waals surface area contributed by atoms with Gasteiger partial charge in [-0.3, -0.25) is 5.43 Å². The molecule has 1 aliphatic rings. The van der Waals surface area contributed by atoms with E-state index in [2.05, 4.69) is 31.6 Å². The molecule has 0 radical (unpaired) electrons. The highest BCUT2D eigenvalue weighted by molar-refractivity contribution is 5.28. The first-order valence-electron chi connectivity index (χ1n) is 3.69. The van der Waals surface area contributed by atoms with Gasteiger partial charge in [-0.15, -0.1) is 0 Å². The van der Waals surface area contributed by atoms with Crippen LogP contribution < -0.4 is 16.6 Å². The molecule has 0 atom stereocenters. The maximum absolute atomic E-state index is 5.57. The zero-order valence-corrected chi connectivity index (χ0v) is 7.23. The summed E-state index contributed by atoms with van der Waals surface area (Å²) in [6.45, 7) is 6.45. The van der Waals surface area contributed by atoms with Crippen LogP contribution in [0.4, 0.5) is 0 Å². The number of hydrazine groups is 1. The van der Waals surface area contributed by atoms with Crippen LogP contribution in [-0.4, -0.2) is 0 Å². The topological polar surface area (TPSA) is 50.1 Å². The van der Waals surface area contributed by atoms with Crippen molar-refractivity contribution in [2.24, 2.45) is 11.1 Å². The van der Waals surface area contributed by atoms with Crippen molar-refractivity contribution in [3.63, 3.8) is 0 Å². The highest BCUT2D eigenvalue weighted by Gasteiger charge is 2.16. The van der Waals surface area contributed by atoms with Crippen LogP contribution in [0.3, 0.4) is 0 Å². The molecule has 3 heteroatoms. The van der Waals surface area contributed by atoms with Crippen molar-refractivity contribution in [3.8, 4) is 0 Å². The van der Waals surface area contributed by atoms with Gasteiger partial charge in [-0.1, -0.05) is 20.8 Å². The van der Waals surface area contributed by atoms with Crippen molar-refractivity contribution in [3.05, 3.63) is 23.7 Å². The van der Waals surface area contributed by atoms with Gasteiger partial charge in [0.05, 0.1) is 0 Å². The summed E-state index contributed by atoms with van der Waals surface area (Å²) in [6.07, 6.45) is 3.87. The fourth-order valence-corrected chi connectivity index (χ4v) is 0.875. The minimum absolute atomic E-state index is 0.152. The first-order chi connectivity index (χ1) is 5.00. The molecule has 1 heterocycles. The smallest absolute Gasteiger partial charge is 0.115 e. The Balaban J connectivity index is 2.82. The van der Waals surface area contributed by atoms with E-state index in [1.807, 2.05) is 12.3 Å². The van der Waals surface area contributed by atoms with Crippen LogP contribution in [0, 0.1) is 5.41 Å². The molecule has 0 aromatic rings. The lowest BCUT2D eigenvalue weighted by Gasteiger charge is -2.24. The van der Waals surface area contributed by atoms with Gasteiger partial charge in [-0.05, 0) is 17.1 Å². The normalized spacial score (nSPS) is 17.7. The minimum atomic E-state index is 0.152. The Kier molecular flexibility index (Phi) is 1.81. The molecule has 62 valence electrons. The van der Waals surface area contributed by atoms with Crippen molar-refractivity contribution in [1.29, 1.82) is 0 Å². The summed E-state index contributed by atoms with van der Waals surface area (Å²) in [5.41, 5.74) is 12.6. The van der Waals surface area contributed by atoms with Crippen LogP contribution in [0.5, 0.6) is 0 Å². The van der Waals surface area contributed by atoms with Crippen LogP contribution in [-0.2, 0) is 0 Å². The highest BCUT2D eigenvalue weighted by atomic mass is 15.4. The molecule has 3 nitrogen and oxygen atoms in total. The molecule has 0 saturated carbocycles. The average molecular weight is 153 g/mol. The maximum atomic E-state index is 5.57. The molecule has 0 spiro atoms. The summed E-state index contributed by atoms with van der Waals surface area (Å²) in [7, 11) is 0. The van der Waals surface area contributed by atoms with Crippen molar-refractivity contribution >= 4 is 0 Å². The first-order valence-corrected chi connectivity index (χ1v) is 3.69. The second kappa shape index (κ2) is 2.49. The molecule has 1 aliphatic heterocycles. The molecule has 0 aromatic heterocycles. The molecule has 0 saturated heterocycles. The van der Waals surface area contributed by atoms with E-state index in [-0.39, 0.29) is 5.41 Å². The monoisotopic (exact) mass is 153 g/mol. The zero-order chi connectivity index (χ0) is 8.48. The van der Waals surface area contributed by atoms with Crippen molar-refractivity contribution < 1.29 is 0 Å². The fraction of sp³-hybridized carbons (Fsp3) is 0.500. The minimum Gasteiger partial charge on any atom is -0.384 e. The predicted molar refractivity (Wildman–Crippen MR) is 46.1 cm³/mol. The van der Waals surface area contributed by atoms with Gasteiger partial charge in [0.1, 0.15) is 5.82 Å². The highest BCUT2D eigenvalue weighted by Crippen LogP contribution is 2.26. The lowest BCUT2D eigenvalue weighted by Crippen LogP contribution is -2.35. The van der Waals surface area contributed by atoms with E-state index < -0.39 is 0 Å². The number of nitrogens with one attached hydrogen (secondary N) is 2. The van der Waals surface area contributed by atoms with Crippen LogP contribution >= 0.6 is 0 Å². The first kappa shape index (κ1) is 7.98. The van der Waals surface area contributed by atoms with Crippen molar-refractivity contribution in [2.75, 3.05) is 0 Å². The van der Waals surface area contributed by atoms with E-state index in [0.29, 0.717) is 5.82 Å². The third kappa shape index (κ3) is 1.90. The molecule has 4 N–H and O–H groups in total. The number of hydrogen-bond acceptors (Lipinski definition) is 3. The number of allylic oxidation sites excluding steroid dienone is 2. The van der Waals surface area contributed by atoms with Gasteiger partial charge in [0.25, 0.3) is 0 Å². The zero-order valence-electron chi connectivity index (χ0n) is 7.23. The summed E-state index contributed by atoms with van der Waals surface area (Å²) in [5, 5.41) is 0. The second-order valence-electron chi connectivity index (χ2n) is 3.72. The van der Waals surface area contributed by atoms with Crippen LogP contribution in [0.15, 0.2) is 23.7 Å². The predicted octanol–water partition coefficient (Wildman–Crippen LogP) is 0.824. The van der Waals surface area contributed by atoms with Crippen LogP contribution in [0.25, 0.3) is 0 Å². The number of rotatable bonds is 0. The Labute approximate surface area is 67.3 Å². The molecule has 0 unspecified atom stereocenters. The van der Waals surface area contributed by atoms with Gasteiger partial charge in [-0.2, -0.15) is 0 Å². The lowest BCUT2D eigenvalue weighted by molar-refractivity contribution is 0.501. The summed E-state index contributed by atoms with van der Waals surface area (Å²) < 4.78 is 0. The third-order valence-corrected chi connectivity index (χ3v) is 1.62. The Morgan fingerprint density at radius 3 is 2.36 bits per heavy atom. The summed E-state index contributed by atoms with van der Waals surface area (Å²) in [4.78, 5) is 0. The summed E-state index contributed by atoms with van der Waals surface area (Å²) in [6, 6.07) is 0. The number of nitrogens with two attached hydrogens (primary N) is 1. The lowest BCUT2D eigenvalue weighted by atomic mass is 9.86. The Morgan fingerprint density at radius 2 is 2.00 bits per heavy atom. The van der Waals surface area contributed by atoms with E-state index in [1.54, 1.807) is 0 Å². The maximum Gasteiger partial charge on any atom is 0.115 e. The number of hydrogen-bond donors (Lipinski definition) is 3. The van der Waals surface area contributed by atoms with Gasteiger partial charge in [0, 0.05) is 6.20 Å². The van der Waals surface area contributed by atoms with Gasteiger partial charge in [0.2, 0.25) is 0 Å². The van der Waals surface area contributed by atoms with Crippen LogP contribution in [0.1, 0.15) is 20.8 Å². The van der Waals surface area contributed by atoms with Crippen molar-refractivity contribution in [1.82, 2.24) is 10.9 Å². The Bertz CT molecular complexity index is 208. The molecule has 0 aromatic carbocycles. The molecule has 11 heavy (non-hydrogen) atoms. The second-order valence-corrected chi connectivity index (χ2v) is 3.72. The van der Waals surface area contributed by atoms with Gasteiger partial charge < -0.3 is 11.2 Å². The molecule has 1 rings (SSSR count). The molecule has 0 bridgehead atoms. The van der Waals surface area contributed by atoms with E-state index in [1.165, 1.54) is 5.57 Å². The molecular formula is C8H15N3. The van der Waals surface area contributed by atoms with Gasteiger partial charge in [0.15, 0.2) is 0 Å². The average Bonchev–Trinajstić information content (AvgIpc) is 1.86. The Hall–Kier alpha value is -1.12. The van der Waals surface area contributed by atoms with Crippen molar-refractivity contribution in [2.45, 2.75) is 20.8 Å². The van der Waals surface area contributed by atoms with E-state index in [4.69, 9.17) is 5.73 Å².